The van der Waals surface area contributed by atoms with E-state index in [0.717, 1.165) is 48.9 Å². The van der Waals surface area contributed by atoms with Gasteiger partial charge in [-0.2, -0.15) is 0 Å². The van der Waals surface area contributed by atoms with Crippen molar-refractivity contribution >= 4 is 34.0 Å². The van der Waals surface area contributed by atoms with E-state index in [9.17, 15) is 11.1 Å². The molecule has 9 rings (SSSR count). The zero-order valence-electron chi connectivity index (χ0n) is 33.7. The summed E-state index contributed by atoms with van der Waals surface area (Å²) < 4.78 is 0. The maximum Gasteiger partial charge on any atom is 0.249 e. The monoisotopic (exact) mass is 792 g/mol. The lowest BCUT2D eigenvalue weighted by Gasteiger charge is -2.35. The summed E-state index contributed by atoms with van der Waals surface area (Å²) in [5, 5.41) is 3.49. The van der Waals surface area contributed by atoms with E-state index >= 15 is 0 Å². The Bertz CT molecular complexity index is 2550. The standard InChI is InChI=1S/C57H45ClSi/c1-40-34-52(46-28-16-7-17-29-46)55(37-49(40)43-22-10-4-11-23-43)59(58,56-38-50(44-24-12-5-13-25-44)41(2)35-53(56)47-30-18-8-19-31-47)57-39-51(45-26-14-6-15-27-45)42(3)36-54(57)48-32-20-9-21-33-48/h4-39H,1-3H3. The second-order valence-corrected chi connectivity index (χ2v) is 20.1. The summed E-state index contributed by atoms with van der Waals surface area (Å²) >= 11 is 9.25. The van der Waals surface area contributed by atoms with Crippen LogP contribution in [0.2, 0.25) is 0 Å². The summed E-state index contributed by atoms with van der Waals surface area (Å²) in [6.45, 7) is 6.71. The van der Waals surface area contributed by atoms with Crippen LogP contribution in [-0.4, -0.2) is 7.38 Å². The summed E-state index contributed by atoms with van der Waals surface area (Å²) in [5.74, 6) is 0. The second kappa shape index (κ2) is 16.4. The van der Waals surface area contributed by atoms with Crippen LogP contribution in [0.25, 0.3) is 66.8 Å². The fourth-order valence-electron chi connectivity index (χ4n) is 8.77. The highest BCUT2D eigenvalue weighted by Gasteiger charge is 2.45. The minimum Gasteiger partial charge on any atom is -0.149 e. The van der Waals surface area contributed by atoms with Crippen LogP contribution in [0.5, 0.6) is 0 Å². The number of benzene rings is 9. The maximum absolute atomic E-state index is 9.25. The molecule has 0 atom stereocenters. The molecular weight excluding hydrogens is 748 g/mol. The molecule has 0 aromatic heterocycles. The van der Waals surface area contributed by atoms with Crippen molar-refractivity contribution in [1.29, 1.82) is 0 Å². The van der Waals surface area contributed by atoms with E-state index in [2.05, 4.69) is 239 Å². The first-order valence-electron chi connectivity index (χ1n) is 20.4. The van der Waals surface area contributed by atoms with Gasteiger partial charge in [0.25, 0.3) is 0 Å². The van der Waals surface area contributed by atoms with Crippen molar-refractivity contribution < 1.29 is 0 Å². The Morgan fingerprint density at radius 1 is 0.254 bits per heavy atom. The van der Waals surface area contributed by atoms with E-state index in [0.29, 0.717) is 0 Å². The first-order valence-corrected chi connectivity index (χ1v) is 23.4. The topological polar surface area (TPSA) is 0 Å². The minimum absolute atomic E-state index is 1.15. The molecule has 0 heterocycles. The molecule has 59 heavy (non-hydrogen) atoms. The zero-order valence-corrected chi connectivity index (χ0v) is 35.4. The largest absolute Gasteiger partial charge is 0.249 e. The SMILES string of the molecule is Cc1cc(-c2ccccc2)c([Si](Cl)(c2cc(-c3ccccc3)c(C)cc2-c2ccccc2)c2cc(-c3ccccc3)c(C)cc2-c2ccccc2)cc1-c1ccccc1. The Labute approximate surface area is 354 Å². The van der Waals surface area contributed by atoms with Gasteiger partial charge in [-0.1, -0.05) is 218 Å². The van der Waals surface area contributed by atoms with Crippen LogP contribution in [0.1, 0.15) is 16.7 Å². The number of halogens is 1. The quantitative estimate of drug-likeness (QED) is 0.0776. The average molecular weight is 794 g/mol. The average Bonchev–Trinajstić information content (AvgIpc) is 3.30. The van der Waals surface area contributed by atoms with E-state index in [1.54, 1.807) is 0 Å². The molecule has 0 bridgehead atoms. The predicted octanol–water partition coefficient (Wildman–Crippen LogP) is 13.8. The van der Waals surface area contributed by atoms with E-state index < -0.39 is 7.38 Å². The van der Waals surface area contributed by atoms with E-state index in [1.807, 2.05) is 0 Å². The van der Waals surface area contributed by atoms with Gasteiger partial charge in [-0.05, 0) is 120 Å². The lowest BCUT2D eigenvalue weighted by Crippen LogP contribution is -2.64. The Hall–Kier alpha value is -6.51. The van der Waals surface area contributed by atoms with Gasteiger partial charge in [0.2, 0.25) is 7.38 Å². The van der Waals surface area contributed by atoms with Gasteiger partial charge in [-0.15, -0.1) is 11.1 Å². The van der Waals surface area contributed by atoms with Crippen molar-refractivity contribution in [3.8, 4) is 66.8 Å². The van der Waals surface area contributed by atoms with Crippen molar-refractivity contribution in [2.75, 3.05) is 0 Å². The summed E-state index contributed by atoms with van der Waals surface area (Å²) in [7, 11) is -3.65. The Kier molecular flexibility index (Phi) is 10.6. The highest BCUT2D eigenvalue weighted by Crippen LogP contribution is 2.37. The van der Waals surface area contributed by atoms with Gasteiger partial charge in [0.1, 0.15) is 0 Å². The van der Waals surface area contributed by atoms with Crippen molar-refractivity contribution in [3.63, 3.8) is 0 Å². The molecule has 0 aliphatic heterocycles. The zero-order chi connectivity index (χ0) is 40.3. The van der Waals surface area contributed by atoms with Crippen LogP contribution in [-0.2, 0) is 0 Å². The molecule has 0 nitrogen and oxygen atoms in total. The number of aryl methyl sites for hydroxylation is 3. The summed E-state index contributed by atoms with van der Waals surface area (Å²) in [6.07, 6.45) is 0. The number of rotatable bonds is 9. The van der Waals surface area contributed by atoms with Crippen LogP contribution in [0, 0.1) is 20.8 Å². The van der Waals surface area contributed by atoms with Crippen molar-refractivity contribution in [1.82, 2.24) is 0 Å². The van der Waals surface area contributed by atoms with Crippen LogP contribution in [0.4, 0.5) is 0 Å². The predicted molar refractivity (Wildman–Crippen MR) is 257 cm³/mol. The molecule has 0 amide bonds. The lowest BCUT2D eigenvalue weighted by molar-refractivity contribution is 1.45. The molecule has 9 aromatic rings. The van der Waals surface area contributed by atoms with Crippen LogP contribution in [0.15, 0.2) is 218 Å². The molecule has 284 valence electrons. The smallest absolute Gasteiger partial charge is 0.149 e. The number of hydrogen-bond acceptors (Lipinski definition) is 0. The molecular formula is C57H45ClSi. The Morgan fingerprint density at radius 2 is 0.441 bits per heavy atom. The van der Waals surface area contributed by atoms with Crippen molar-refractivity contribution in [2.24, 2.45) is 0 Å². The Morgan fingerprint density at radius 3 is 0.644 bits per heavy atom. The molecule has 2 heteroatoms. The van der Waals surface area contributed by atoms with Gasteiger partial charge in [0.15, 0.2) is 0 Å². The van der Waals surface area contributed by atoms with Gasteiger partial charge in [-0.3, -0.25) is 0 Å². The molecule has 0 saturated heterocycles. The minimum atomic E-state index is -3.65. The first kappa shape index (κ1) is 38.0. The lowest BCUT2D eigenvalue weighted by atomic mass is 9.95. The van der Waals surface area contributed by atoms with Gasteiger partial charge >= 0.3 is 0 Å². The highest BCUT2D eigenvalue weighted by atomic mass is 35.6. The molecule has 0 aliphatic rings. The molecule has 0 radical (unpaired) electrons. The first-order chi connectivity index (χ1) is 28.9. The third kappa shape index (κ3) is 7.29. The molecule has 0 spiro atoms. The molecule has 0 unspecified atom stereocenters. The van der Waals surface area contributed by atoms with Gasteiger partial charge in [0, 0.05) is 0 Å². The van der Waals surface area contributed by atoms with Crippen LogP contribution >= 0.6 is 11.1 Å². The summed E-state index contributed by atoms with van der Waals surface area (Å²) in [6, 6.07) is 79.4. The van der Waals surface area contributed by atoms with Gasteiger partial charge in [-0.25, -0.2) is 0 Å². The molecule has 0 fully saturated rings. The fourth-order valence-corrected chi connectivity index (χ4v) is 13.8. The highest BCUT2D eigenvalue weighted by molar-refractivity contribution is 7.41. The van der Waals surface area contributed by atoms with Gasteiger partial charge in [0.05, 0.1) is 0 Å². The van der Waals surface area contributed by atoms with E-state index in [1.165, 1.54) is 50.1 Å². The van der Waals surface area contributed by atoms with E-state index in [4.69, 9.17) is 0 Å². The van der Waals surface area contributed by atoms with E-state index in [-0.39, 0.29) is 0 Å². The molecule has 0 saturated carbocycles. The van der Waals surface area contributed by atoms with Crippen LogP contribution in [0.3, 0.4) is 0 Å². The molecule has 0 aliphatic carbocycles. The second-order valence-electron chi connectivity index (χ2n) is 15.5. The van der Waals surface area contributed by atoms with Gasteiger partial charge < -0.3 is 0 Å². The fraction of sp³-hybridized carbons (Fsp3) is 0.0526. The third-order valence-electron chi connectivity index (χ3n) is 11.7. The van der Waals surface area contributed by atoms with Crippen LogP contribution < -0.4 is 15.6 Å². The van der Waals surface area contributed by atoms with Crippen molar-refractivity contribution in [3.05, 3.63) is 235 Å². The molecule has 9 aromatic carbocycles. The van der Waals surface area contributed by atoms with Crippen molar-refractivity contribution in [2.45, 2.75) is 20.8 Å². The summed E-state index contributed by atoms with van der Waals surface area (Å²) in [4.78, 5) is 0. The Balaban J connectivity index is 1.51. The number of hydrogen-bond donors (Lipinski definition) is 0. The maximum atomic E-state index is 9.25. The third-order valence-corrected chi connectivity index (χ3v) is 17.0. The normalized spacial score (nSPS) is 11.4. The summed E-state index contributed by atoms with van der Waals surface area (Å²) in [5.41, 5.74) is 17.6. The molecule has 0 N–H and O–H groups in total.